The van der Waals surface area contributed by atoms with E-state index in [9.17, 15) is 14.7 Å². The fourth-order valence-electron chi connectivity index (χ4n) is 2.25. The van der Waals surface area contributed by atoms with Crippen LogP contribution in [0.3, 0.4) is 0 Å². The highest BCUT2D eigenvalue weighted by Gasteiger charge is 2.25. The number of carbonyl (C=O) groups is 2. The van der Waals surface area contributed by atoms with Crippen LogP contribution in [0.4, 0.5) is 0 Å². The van der Waals surface area contributed by atoms with Crippen LogP contribution >= 0.6 is 0 Å². The zero-order valence-corrected chi connectivity index (χ0v) is 11.9. The van der Waals surface area contributed by atoms with Gasteiger partial charge in [0.05, 0.1) is 6.61 Å². The van der Waals surface area contributed by atoms with Crippen molar-refractivity contribution in [2.45, 2.75) is 19.9 Å². The maximum atomic E-state index is 12.1. The molecule has 0 aliphatic rings. The van der Waals surface area contributed by atoms with Gasteiger partial charge in [0.15, 0.2) is 6.04 Å². The number of benzene rings is 2. The van der Waals surface area contributed by atoms with Crippen LogP contribution in [-0.4, -0.2) is 23.6 Å². The first-order valence-corrected chi connectivity index (χ1v) is 6.69. The van der Waals surface area contributed by atoms with Crippen LogP contribution in [0, 0.1) is 0 Å². The van der Waals surface area contributed by atoms with Crippen molar-refractivity contribution in [3.8, 4) is 5.75 Å². The molecule has 2 aromatic rings. The fraction of sp³-hybridized carbons (Fsp3) is 0.250. The average Bonchev–Trinajstić information content (AvgIpc) is 2.46. The SMILES string of the molecule is CCOC(=O)[C@H](NC(C)=O)c1ccc(O)c2ccccc12. The van der Waals surface area contributed by atoms with E-state index < -0.39 is 12.0 Å². The Morgan fingerprint density at radius 2 is 1.86 bits per heavy atom. The van der Waals surface area contributed by atoms with E-state index in [-0.39, 0.29) is 18.3 Å². The van der Waals surface area contributed by atoms with Gasteiger partial charge < -0.3 is 15.2 Å². The number of amides is 1. The molecule has 0 bridgehead atoms. The van der Waals surface area contributed by atoms with Crippen LogP contribution in [0.15, 0.2) is 36.4 Å². The van der Waals surface area contributed by atoms with Crippen molar-refractivity contribution in [2.75, 3.05) is 6.61 Å². The Morgan fingerprint density at radius 3 is 2.48 bits per heavy atom. The molecule has 1 amide bonds. The summed E-state index contributed by atoms with van der Waals surface area (Å²) in [6.45, 7) is 3.28. The maximum absolute atomic E-state index is 12.1. The predicted molar refractivity (Wildman–Crippen MR) is 78.8 cm³/mol. The topological polar surface area (TPSA) is 75.6 Å². The van der Waals surface area contributed by atoms with E-state index in [0.29, 0.717) is 16.3 Å². The Labute approximate surface area is 122 Å². The molecule has 21 heavy (non-hydrogen) atoms. The molecular formula is C16H17NO4. The molecule has 2 N–H and O–H groups in total. The average molecular weight is 287 g/mol. The number of phenols is 1. The zero-order valence-electron chi connectivity index (χ0n) is 11.9. The minimum absolute atomic E-state index is 0.125. The van der Waals surface area contributed by atoms with Gasteiger partial charge in [0.1, 0.15) is 5.75 Å². The fourth-order valence-corrected chi connectivity index (χ4v) is 2.25. The molecule has 0 aliphatic heterocycles. The first kappa shape index (κ1) is 14.8. The van der Waals surface area contributed by atoms with Crippen LogP contribution in [0.5, 0.6) is 5.75 Å². The summed E-state index contributed by atoms with van der Waals surface area (Å²) in [6, 6.07) is 9.38. The molecule has 110 valence electrons. The van der Waals surface area contributed by atoms with Gasteiger partial charge in [-0.1, -0.05) is 30.3 Å². The summed E-state index contributed by atoms with van der Waals surface area (Å²) in [5, 5.41) is 13.8. The molecule has 0 radical (unpaired) electrons. The minimum Gasteiger partial charge on any atom is -0.507 e. The third-order valence-corrected chi connectivity index (χ3v) is 3.12. The molecule has 5 heteroatoms. The quantitative estimate of drug-likeness (QED) is 0.846. The third-order valence-electron chi connectivity index (χ3n) is 3.12. The summed E-state index contributed by atoms with van der Waals surface area (Å²) in [4.78, 5) is 23.5. The van der Waals surface area contributed by atoms with Crippen molar-refractivity contribution in [2.24, 2.45) is 0 Å². The number of rotatable bonds is 4. The van der Waals surface area contributed by atoms with Gasteiger partial charge in [0, 0.05) is 12.3 Å². The maximum Gasteiger partial charge on any atom is 0.333 e. The monoisotopic (exact) mass is 287 g/mol. The van der Waals surface area contributed by atoms with Crippen molar-refractivity contribution >= 4 is 22.6 Å². The van der Waals surface area contributed by atoms with E-state index in [4.69, 9.17) is 4.74 Å². The van der Waals surface area contributed by atoms with Crippen LogP contribution in [-0.2, 0) is 14.3 Å². The molecule has 0 fully saturated rings. The number of aromatic hydroxyl groups is 1. The smallest absolute Gasteiger partial charge is 0.333 e. The standard InChI is InChI=1S/C16H17NO4/c1-3-21-16(20)15(17-10(2)18)13-8-9-14(19)12-7-5-4-6-11(12)13/h4-9,15,19H,3H2,1-2H3,(H,17,18)/t15-/m1/s1. The molecule has 5 nitrogen and oxygen atoms in total. The summed E-state index contributed by atoms with van der Waals surface area (Å²) in [5.74, 6) is -0.728. The Morgan fingerprint density at radius 1 is 1.19 bits per heavy atom. The van der Waals surface area contributed by atoms with Gasteiger partial charge in [-0.15, -0.1) is 0 Å². The molecule has 0 saturated heterocycles. The highest BCUT2D eigenvalue weighted by atomic mass is 16.5. The predicted octanol–water partition coefficient (Wildman–Crippen LogP) is 2.29. The number of carbonyl (C=O) groups excluding carboxylic acids is 2. The van der Waals surface area contributed by atoms with Gasteiger partial charge >= 0.3 is 5.97 Å². The number of hydrogen-bond donors (Lipinski definition) is 2. The Bertz CT molecular complexity index is 681. The van der Waals surface area contributed by atoms with E-state index in [1.807, 2.05) is 0 Å². The second-order valence-corrected chi connectivity index (χ2v) is 4.61. The zero-order chi connectivity index (χ0) is 15.4. The minimum atomic E-state index is -0.895. The van der Waals surface area contributed by atoms with E-state index >= 15 is 0 Å². The Balaban J connectivity index is 2.56. The number of nitrogens with one attached hydrogen (secondary N) is 1. The normalized spacial score (nSPS) is 11.9. The molecule has 0 heterocycles. The number of esters is 1. The van der Waals surface area contributed by atoms with Crippen LogP contribution in [0.1, 0.15) is 25.5 Å². The van der Waals surface area contributed by atoms with Gasteiger partial charge in [-0.25, -0.2) is 4.79 Å². The summed E-state index contributed by atoms with van der Waals surface area (Å²) < 4.78 is 5.02. The number of ether oxygens (including phenoxy) is 1. The van der Waals surface area contributed by atoms with Crippen molar-refractivity contribution in [3.63, 3.8) is 0 Å². The molecular weight excluding hydrogens is 270 g/mol. The molecule has 2 rings (SSSR count). The molecule has 0 aliphatic carbocycles. The van der Waals surface area contributed by atoms with Gasteiger partial charge in [-0.3, -0.25) is 4.79 Å². The first-order valence-electron chi connectivity index (χ1n) is 6.69. The largest absolute Gasteiger partial charge is 0.507 e. The second kappa shape index (κ2) is 6.26. The van der Waals surface area contributed by atoms with Gasteiger partial charge in [-0.05, 0) is 23.9 Å². The first-order chi connectivity index (χ1) is 10.0. The second-order valence-electron chi connectivity index (χ2n) is 4.61. The van der Waals surface area contributed by atoms with Crippen molar-refractivity contribution in [1.29, 1.82) is 0 Å². The van der Waals surface area contributed by atoms with E-state index in [0.717, 1.165) is 0 Å². The van der Waals surface area contributed by atoms with Crippen LogP contribution < -0.4 is 5.32 Å². The molecule has 0 aromatic heterocycles. The van der Waals surface area contributed by atoms with E-state index in [2.05, 4.69) is 5.32 Å². The third kappa shape index (κ3) is 3.13. The molecule has 2 aromatic carbocycles. The summed E-state index contributed by atoms with van der Waals surface area (Å²) in [7, 11) is 0. The van der Waals surface area contributed by atoms with Crippen LogP contribution in [0.2, 0.25) is 0 Å². The molecule has 0 spiro atoms. The summed E-state index contributed by atoms with van der Waals surface area (Å²) >= 11 is 0. The Kier molecular flexibility index (Phi) is 4.42. The van der Waals surface area contributed by atoms with Gasteiger partial charge in [0.2, 0.25) is 5.91 Å². The number of hydrogen-bond acceptors (Lipinski definition) is 4. The van der Waals surface area contributed by atoms with Crippen molar-refractivity contribution < 1.29 is 19.4 Å². The number of phenolic OH excluding ortho intramolecular Hbond substituents is 1. The summed E-state index contributed by atoms with van der Waals surface area (Å²) in [6.07, 6.45) is 0. The molecule has 0 unspecified atom stereocenters. The lowest BCUT2D eigenvalue weighted by molar-refractivity contribution is -0.147. The lowest BCUT2D eigenvalue weighted by atomic mass is 9.98. The highest BCUT2D eigenvalue weighted by molar-refractivity contribution is 5.95. The molecule has 1 atom stereocenters. The lowest BCUT2D eigenvalue weighted by Crippen LogP contribution is -2.33. The van der Waals surface area contributed by atoms with E-state index in [1.54, 1.807) is 37.3 Å². The van der Waals surface area contributed by atoms with Crippen LogP contribution in [0.25, 0.3) is 10.8 Å². The number of fused-ring (bicyclic) bond motifs is 1. The lowest BCUT2D eigenvalue weighted by Gasteiger charge is -2.19. The molecule has 0 saturated carbocycles. The Hall–Kier alpha value is -2.56. The summed E-state index contributed by atoms with van der Waals surface area (Å²) in [5.41, 5.74) is 0.594. The van der Waals surface area contributed by atoms with Gasteiger partial charge in [0.25, 0.3) is 0 Å². The van der Waals surface area contributed by atoms with E-state index in [1.165, 1.54) is 13.0 Å². The highest BCUT2D eigenvalue weighted by Crippen LogP contribution is 2.31. The van der Waals surface area contributed by atoms with Crippen molar-refractivity contribution in [1.82, 2.24) is 5.32 Å². The van der Waals surface area contributed by atoms with Gasteiger partial charge in [-0.2, -0.15) is 0 Å². The van der Waals surface area contributed by atoms with Crippen molar-refractivity contribution in [3.05, 3.63) is 42.0 Å².